The lowest BCUT2D eigenvalue weighted by molar-refractivity contribution is 0.757. The Labute approximate surface area is 88.7 Å². The Kier molecular flexibility index (Phi) is 2.51. The van der Waals surface area contributed by atoms with E-state index in [4.69, 9.17) is 5.73 Å². The summed E-state index contributed by atoms with van der Waals surface area (Å²) in [6, 6.07) is 6.24. The van der Waals surface area contributed by atoms with E-state index >= 15 is 0 Å². The highest BCUT2D eigenvalue weighted by atomic mass is 15.4. The Hall–Kier alpha value is -1.68. The summed E-state index contributed by atoms with van der Waals surface area (Å²) in [5, 5.41) is 7.92. The molecule has 0 bridgehead atoms. The SMILES string of the molecule is Cc1ccc(C)c(-n2nncc2CN)c1. The lowest BCUT2D eigenvalue weighted by atomic mass is 10.1. The number of aryl methyl sites for hydroxylation is 2. The van der Waals surface area contributed by atoms with Gasteiger partial charge < -0.3 is 5.73 Å². The van der Waals surface area contributed by atoms with Crippen LogP contribution in [0.15, 0.2) is 24.4 Å². The normalized spacial score (nSPS) is 10.6. The van der Waals surface area contributed by atoms with E-state index in [0.29, 0.717) is 6.54 Å². The van der Waals surface area contributed by atoms with Crippen LogP contribution in [0.3, 0.4) is 0 Å². The molecule has 0 saturated heterocycles. The van der Waals surface area contributed by atoms with Gasteiger partial charge in [0.1, 0.15) is 0 Å². The molecule has 1 aromatic heterocycles. The third-order valence-corrected chi connectivity index (χ3v) is 2.42. The fourth-order valence-electron chi connectivity index (χ4n) is 1.55. The van der Waals surface area contributed by atoms with Gasteiger partial charge in [0.2, 0.25) is 0 Å². The lowest BCUT2D eigenvalue weighted by Crippen LogP contribution is -2.08. The van der Waals surface area contributed by atoms with Crippen LogP contribution in [0.1, 0.15) is 16.8 Å². The zero-order chi connectivity index (χ0) is 10.8. The van der Waals surface area contributed by atoms with Crippen molar-refractivity contribution in [3.05, 3.63) is 41.2 Å². The number of rotatable bonds is 2. The monoisotopic (exact) mass is 202 g/mol. The maximum absolute atomic E-state index is 5.62. The van der Waals surface area contributed by atoms with E-state index in [0.717, 1.165) is 11.4 Å². The number of nitrogens with zero attached hydrogens (tertiary/aromatic N) is 3. The topological polar surface area (TPSA) is 56.7 Å². The smallest absolute Gasteiger partial charge is 0.0781 e. The molecule has 0 unspecified atom stereocenters. The standard InChI is InChI=1S/C11H14N4/c1-8-3-4-9(2)11(5-8)15-10(6-12)7-13-14-15/h3-5,7H,6,12H2,1-2H3. The molecule has 0 amide bonds. The van der Waals surface area contributed by atoms with E-state index in [1.807, 2.05) is 0 Å². The summed E-state index contributed by atoms with van der Waals surface area (Å²) < 4.78 is 1.79. The highest BCUT2D eigenvalue weighted by Crippen LogP contribution is 2.16. The summed E-state index contributed by atoms with van der Waals surface area (Å²) in [6.07, 6.45) is 1.70. The molecular formula is C11H14N4. The van der Waals surface area contributed by atoms with Gasteiger partial charge in [-0.1, -0.05) is 17.3 Å². The Morgan fingerprint density at radius 1 is 1.33 bits per heavy atom. The van der Waals surface area contributed by atoms with Gasteiger partial charge in [0.05, 0.1) is 17.6 Å². The second-order valence-electron chi connectivity index (χ2n) is 3.63. The highest BCUT2D eigenvalue weighted by Gasteiger charge is 2.07. The zero-order valence-electron chi connectivity index (χ0n) is 8.94. The van der Waals surface area contributed by atoms with Gasteiger partial charge in [0.15, 0.2) is 0 Å². The third-order valence-electron chi connectivity index (χ3n) is 2.42. The summed E-state index contributed by atoms with van der Waals surface area (Å²) in [5.41, 5.74) is 9.96. The molecule has 2 rings (SSSR count). The summed E-state index contributed by atoms with van der Waals surface area (Å²) in [7, 11) is 0. The molecule has 0 atom stereocenters. The van der Waals surface area contributed by atoms with Gasteiger partial charge in [0, 0.05) is 6.54 Å². The van der Waals surface area contributed by atoms with Crippen LogP contribution in [-0.2, 0) is 6.54 Å². The number of hydrogen-bond acceptors (Lipinski definition) is 3. The van der Waals surface area contributed by atoms with Crippen molar-refractivity contribution >= 4 is 0 Å². The van der Waals surface area contributed by atoms with E-state index < -0.39 is 0 Å². The first-order valence-corrected chi connectivity index (χ1v) is 4.89. The Morgan fingerprint density at radius 3 is 2.87 bits per heavy atom. The molecule has 0 radical (unpaired) electrons. The Morgan fingerprint density at radius 2 is 2.13 bits per heavy atom. The van der Waals surface area contributed by atoms with E-state index in [-0.39, 0.29) is 0 Å². The van der Waals surface area contributed by atoms with Crippen molar-refractivity contribution in [2.24, 2.45) is 5.73 Å². The molecule has 0 aliphatic rings. The summed E-state index contributed by atoms with van der Waals surface area (Å²) in [5.74, 6) is 0. The van der Waals surface area contributed by atoms with Crippen molar-refractivity contribution < 1.29 is 0 Å². The van der Waals surface area contributed by atoms with Gasteiger partial charge in [-0.05, 0) is 31.0 Å². The second-order valence-corrected chi connectivity index (χ2v) is 3.63. The van der Waals surface area contributed by atoms with Crippen LogP contribution in [0, 0.1) is 13.8 Å². The highest BCUT2D eigenvalue weighted by molar-refractivity contribution is 5.43. The van der Waals surface area contributed by atoms with Gasteiger partial charge in [-0.25, -0.2) is 4.68 Å². The van der Waals surface area contributed by atoms with Crippen molar-refractivity contribution in [1.82, 2.24) is 15.0 Å². The number of benzene rings is 1. The van der Waals surface area contributed by atoms with Crippen molar-refractivity contribution in [3.63, 3.8) is 0 Å². The summed E-state index contributed by atoms with van der Waals surface area (Å²) in [4.78, 5) is 0. The van der Waals surface area contributed by atoms with Crippen LogP contribution in [0.5, 0.6) is 0 Å². The Balaban J connectivity index is 2.58. The number of hydrogen-bond donors (Lipinski definition) is 1. The van der Waals surface area contributed by atoms with E-state index in [1.54, 1.807) is 10.9 Å². The molecular weight excluding hydrogens is 188 g/mol. The Bertz CT molecular complexity index is 473. The first-order chi connectivity index (χ1) is 7.22. The maximum atomic E-state index is 5.62. The van der Waals surface area contributed by atoms with Crippen molar-refractivity contribution in [3.8, 4) is 5.69 Å². The van der Waals surface area contributed by atoms with Crippen molar-refractivity contribution in [2.75, 3.05) is 0 Å². The summed E-state index contributed by atoms with van der Waals surface area (Å²) >= 11 is 0. The van der Waals surface area contributed by atoms with Gasteiger partial charge in [-0.3, -0.25) is 0 Å². The molecule has 0 aliphatic carbocycles. The minimum atomic E-state index is 0.445. The summed E-state index contributed by atoms with van der Waals surface area (Å²) in [6.45, 7) is 4.55. The molecule has 4 heteroatoms. The van der Waals surface area contributed by atoms with Crippen LogP contribution in [-0.4, -0.2) is 15.0 Å². The first-order valence-electron chi connectivity index (χ1n) is 4.89. The fraction of sp³-hybridized carbons (Fsp3) is 0.273. The predicted octanol–water partition coefficient (Wildman–Crippen LogP) is 1.34. The maximum Gasteiger partial charge on any atom is 0.0781 e. The predicted molar refractivity (Wildman–Crippen MR) is 58.7 cm³/mol. The molecule has 1 aromatic carbocycles. The average Bonchev–Trinajstić information content (AvgIpc) is 2.69. The van der Waals surface area contributed by atoms with Gasteiger partial charge in [0.25, 0.3) is 0 Å². The molecule has 0 aliphatic heterocycles. The molecule has 78 valence electrons. The van der Waals surface area contributed by atoms with E-state index in [2.05, 4.69) is 42.4 Å². The molecule has 0 spiro atoms. The fourth-order valence-corrected chi connectivity index (χ4v) is 1.55. The van der Waals surface area contributed by atoms with Crippen LogP contribution in [0.4, 0.5) is 0 Å². The zero-order valence-corrected chi connectivity index (χ0v) is 8.94. The van der Waals surface area contributed by atoms with Crippen LogP contribution in [0.25, 0.3) is 5.69 Å². The second kappa shape index (κ2) is 3.82. The molecule has 0 fully saturated rings. The molecule has 4 nitrogen and oxygen atoms in total. The molecule has 0 saturated carbocycles. The molecule has 2 N–H and O–H groups in total. The number of aromatic nitrogens is 3. The molecule has 1 heterocycles. The van der Waals surface area contributed by atoms with E-state index in [9.17, 15) is 0 Å². The largest absolute Gasteiger partial charge is 0.325 e. The quantitative estimate of drug-likeness (QED) is 0.799. The van der Waals surface area contributed by atoms with Crippen LogP contribution < -0.4 is 5.73 Å². The first kappa shape index (κ1) is 9.86. The average molecular weight is 202 g/mol. The van der Waals surface area contributed by atoms with Crippen LogP contribution >= 0.6 is 0 Å². The van der Waals surface area contributed by atoms with Crippen molar-refractivity contribution in [2.45, 2.75) is 20.4 Å². The van der Waals surface area contributed by atoms with Crippen molar-refractivity contribution in [1.29, 1.82) is 0 Å². The number of nitrogens with two attached hydrogens (primary N) is 1. The van der Waals surface area contributed by atoms with E-state index in [1.165, 1.54) is 11.1 Å². The van der Waals surface area contributed by atoms with Gasteiger partial charge in [-0.2, -0.15) is 0 Å². The minimum absolute atomic E-state index is 0.445. The molecule has 15 heavy (non-hydrogen) atoms. The van der Waals surface area contributed by atoms with Gasteiger partial charge in [-0.15, -0.1) is 5.10 Å². The third kappa shape index (κ3) is 1.76. The molecule has 2 aromatic rings. The van der Waals surface area contributed by atoms with Gasteiger partial charge >= 0.3 is 0 Å². The lowest BCUT2D eigenvalue weighted by Gasteiger charge is -2.08. The minimum Gasteiger partial charge on any atom is -0.325 e. The van der Waals surface area contributed by atoms with Crippen LogP contribution in [0.2, 0.25) is 0 Å².